The van der Waals surface area contributed by atoms with Crippen LogP contribution in [0, 0.1) is 0 Å². The Kier molecular flexibility index (Phi) is 9.74. The van der Waals surface area contributed by atoms with Gasteiger partial charge in [-0.2, -0.15) is 0 Å². The second-order valence-electron chi connectivity index (χ2n) is 3.83. The molecule has 0 amide bonds. The molecule has 0 aliphatic heterocycles. The number of aliphatic hydroxyl groups excluding tert-OH is 2. The van der Waals surface area contributed by atoms with E-state index >= 15 is 0 Å². The van der Waals surface area contributed by atoms with Crippen LogP contribution in [0.1, 0.15) is 52.4 Å². The molecular weight excluding hydrogens is 176 g/mol. The summed E-state index contributed by atoms with van der Waals surface area (Å²) in [7, 11) is 0. The molecule has 0 aliphatic carbocycles. The van der Waals surface area contributed by atoms with E-state index in [9.17, 15) is 10.2 Å². The summed E-state index contributed by atoms with van der Waals surface area (Å²) in [5, 5.41) is 19.1. The van der Waals surface area contributed by atoms with Crippen LogP contribution in [-0.4, -0.2) is 39.0 Å². The highest BCUT2D eigenvalue weighted by molar-refractivity contribution is 6.38. The first-order valence-corrected chi connectivity index (χ1v) is 7.20. The van der Waals surface area contributed by atoms with Crippen molar-refractivity contribution in [1.29, 1.82) is 0 Å². The first-order valence-electron chi connectivity index (χ1n) is 5.56. The van der Waals surface area contributed by atoms with Gasteiger partial charge < -0.3 is 10.2 Å². The molecule has 0 radical (unpaired) electrons. The average Bonchev–Trinajstić information content (AvgIpc) is 2.11. The molecule has 0 fully saturated rings. The molecule has 0 saturated carbocycles. The van der Waals surface area contributed by atoms with E-state index in [0.717, 1.165) is 38.5 Å². The van der Waals surface area contributed by atoms with Crippen molar-refractivity contribution in [2.24, 2.45) is 0 Å². The molecule has 2 nitrogen and oxygen atoms in total. The molecule has 0 spiro atoms. The van der Waals surface area contributed by atoms with Gasteiger partial charge in [-0.3, -0.25) is 0 Å². The van der Waals surface area contributed by atoms with E-state index in [4.69, 9.17) is 0 Å². The van der Waals surface area contributed by atoms with Crippen LogP contribution in [0.2, 0.25) is 0 Å². The Morgan fingerprint density at radius 2 is 1.31 bits per heavy atom. The summed E-state index contributed by atoms with van der Waals surface area (Å²) in [6.07, 6.45) is 6.24. The number of rotatable bonds is 8. The van der Waals surface area contributed by atoms with Gasteiger partial charge in [-0.25, -0.2) is 0 Å². The van der Waals surface area contributed by atoms with Crippen molar-refractivity contribution in [3.8, 4) is 0 Å². The van der Waals surface area contributed by atoms with Crippen molar-refractivity contribution in [2.75, 3.05) is 0 Å². The van der Waals surface area contributed by atoms with E-state index in [0.29, 0.717) is 0 Å². The molecule has 2 N–H and O–H groups in total. The van der Waals surface area contributed by atoms with Gasteiger partial charge in [0.2, 0.25) is 0 Å². The molecule has 0 saturated heterocycles. The van der Waals surface area contributed by atoms with Crippen LogP contribution in [0.3, 0.4) is 0 Å². The monoisotopic (exact) mass is 198 g/mol. The maximum absolute atomic E-state index is 9.55. The quantitative estimate of drug-likeness (QED) is 0.583. The fourth-order valence-electron chi connectivity index (χ4n) is 1.43. The minimum absolute atomic E-state index is 0.160. The predicted octanol–water partition coefficient (Wildman–Crippen LogP) is 1.71. The summed E-state index contributed by atoms with van der Waals surface area (Å²) in [5.74, 6) is 0. The number of hydrogen-bond donors (Lipinski definition) is 2. The van der Waals surface area contributed by atoms with Gasteiger partial charge in [-0.1, -0.05) is 52.4 Å². The summed E-state index contributed by atoms with van der Waals surface area (Å²) < 4.78 is -0.321. The van der Waals surface area contributed by atoms with E-state index in [1.54, 1.807) is 0 Å². The minimum Gasteiger partial charge on any atom is -0.421 e. The highest BCUT2D eigenvalue weighted by Gasteiger charge is 2.16. The van der Waals surface area contributed by atoms with Gasteiger partial charge in [-0.15, -0.1) is 0 Å². The first kappa shape index (κ1) is 13.7. The van der Waals surface area contributed by atoms with Crippen molar-refractivity contribution >= 4 is 20.4 Å². The molecule has 0 aromatic heterocycles. The summed E-state index contributed by atoms with van der Waals surface area (Å²) in [6.45, 7) is 4.25. The highest BCUT2D eigenvalue weighted by atomic mass is 24.5. The lowest BCUT2D eigenvalue weighted by Gasteiger charge is -2.13. The van der Waals surface area contributed by atoms with Crippen LogP contribution in [0.5, 0.6) is 0 Å². The van der Waals surface area contributed by atoms with E-state index in [-0.39, 0.29) is 8.47 Å². The largest absolute Gasteiger partial charge is 0.454 e. The summed E-state index contributed by atoms with van der Waals surface area (Å²) >= 11 is -0.669. The zero-order valence-corrected chi connectivity index (χ0v) is 10.4. The molecule has 76 valence electrons. The zero-order chi connectivity index (χ0) is 10.1. The van der Waals surface area contributed by atoms with Gasteiger partial charge >= 0.3 is 20.4 Å². The molecule has 13 heavy (non-hydrogen) atoms. The molecule has 2 unspecified atom stereocenters. The summed E-state index contributed by atoms with van der Waals surface area (Å²) in [4.78, 5) is 0. The number of unbranched alkanes of at least 4 members (excludes halogenated alkanes) is 2. The zero-order valence-electron chi connectivity index (χ0n) is 9.00. The maximum atomic E-state index is 9.55. The SMILES string of the molecule is CCCC[CH](O)[Mg][CH](O)CCCC. The molecule has 0 bridgehead atoms. The predicted molar refractivity (Wildman–Crippen MR) is 56.8 cm³/mol. The van der Waals surface area contributed by atoms with Crippen LogP contribution in [-0.2, 0) is 0 Å². The van der Waals surface area contributed by atoms with Crippen LogP contribution in [0.25, 0.3) is 0 Å². The van der Waals surface area contributed by atoms with Crippen molar-refractivity contribution in [2.45, 2.75) is 60.8 Å². The van der Waals surface area contributed by atoms with Crippen molar-refractivity contribution in [3.05, 3.63) is 0 Å². The molecule has 3 heteroatoms. The van der Waals surface area contributed by atoms with Crippen LogP contribution in [0.15, 0.2) is 0 Å². The summed E-state index contributed by atoms with van der Waals surface area (Å²) in [5.41, 5.74) is 0. The lowest BCUT2D eigenvalue weighted by atomic mass is 10.2. The Morgan fingerprint density at radius 3 is 1.62 bits per heavy atom. The lowest BCUT2D eigenvalue weighted by molar-refractivity contribution is 0.199. The number of aliphatic hydroxyl groups is 2. The minimum atomic E-state index is -0.669. The summed E-state index contributed by atoms with van der Waals surface area (Å²) in [6, 6.07) is 0. The topological polar surface area (TPSA) is 40.5 Å². The van der Waals surface area contributed by atoms with Crippen molar-refractivity contribution < 1.29 is 10.2 Å². The molecule has 0 aliphatic rings. The Labute approximate surface area is 91.5 Å². The third kappa shape index (κ3) is 9.00. The van der Waals surface area contributed by atoms with Gasteiger partial charge in [0.1, 0.15) is 0 Å². The van der Waals surface area contributed by atoms with E-state index in [2.05, 4.69) is 13.8 Å². The Balaban J connectivity index is 3.35. The van der Waals surface area contributed by atoms with Gasteiger partial charge in [0, 0.05) is 0 Å². The molecule has 2 atom stereocenters. The lowest BCUT2D eigenvalue weighted by Crippen LogP contribution is -2.28. The second kappa shape index (κ2) is 9.25. The third-order valence-corrected chi connectivity index (χ3v) is 4.23. The third-order valence-electron chi connectivity index (χ3n) is 2.33. The Morgan fingerprint density at radius 1 is 0.923 bits per heavy atom. The number of hydrogen-bond acceptors (Lipinski definition) is 2. The normalized spacial score (nSPS) is 15.1. The van der Waals surface area contributed by atoms with Crippen molar-refractivity contribution in [1.82, 2.24) is 0 Å². The molecule has 0 heterocycles. The molecule has 0 aromatic rings. The Hall–Kier alpha value is 0.686. The van der Waals surface area contributed by atoms with Gasteiger partial charge in [-0.05, 0) is 8.47 Å². The van der Waals surface area contributed by atoms with Gasteiger partial charge in [0.05, 0.1) is 0 Å². The fraction of sp³-hybridized carbons (Fsp3) is 1.00. The van der Waals surface area contributed by atoms with Crippen LogP contribution >= 0.6 is 0 Å². The smallest absolute Gasteiger partial charge is 0.421 e. The van der Waals surface area contributed by atoms with E-state index in [1.807, 2.05) is 0 Å². The molecular formula is C10H22MgO2. The van der Waals surface area contributed by atoms with Crippen molar-refractivity contribution in [3.63, 3.8) is 0 Å². The van der Waals surface area contributed by atoms with Crippen LogP contribution < -0.4 is 0 Å². The first-order chi connectivity index (χ1) is 6.20. The maximum Gasteiger partial charge on any atom is 0.454 e. The molecule has 0 aromatic carbocycles. The molecule has 0 rings (SSSR count). The van der Waals surface area contributed by atoms with E-state index in [1.165, 1.54) is 0 Å². The second-order valence-corrected chi connectivity index (χ2v) is 6.18. The average molecular weight is 199 g/mol. The fourth-order valence-corrected chi connectivity index (χ4v) is 3.11. The highest BCUT2D eigenvalue weighted by Crippen LogP contribution is 2.04. The standard InChI is InChI=1S/2C5H11O.Mg/c2*1-2-3-4-5-6;/h2*5-6H,2-4H2,1H3;. The van der Waals surface area contributed by atoms with Gasteiger partial charge in [0.15, 0.2) is 0 Å². The Bertz CT molecular complexity index is 97.1. The van der Waals surface area contributed by atoms with Crippen LogP contribution in [0.4, 0.5) is 0 Å². The van der Waals surface area contributed by atoms with Gasteiger partial charge in [0.25, 0.3) is 0 Å². The van der Waals surface area contributed by atoms with E-state index < -0.39 is 20.4 Å².